The molecule has 2 rings (SSSR count). The third kappa shape index (κ3) is 0.848. The van der Waals surface area contributed by atoms with Crippen LogP contribution in [0.1, 0.15) is 0 Å². The van der Waals surface area contributed by atoms with Crippen molar-refractivity contribution in [3.8, 4) is 0 Å². The molecule has 2 heterocycles. The molecule has 0 bridgehead atoms. The number of epoxide rings is 1. The van der Waals surface area contributed by atoms with Crippen molar-refractivity contribution in [1.82, 2.24) is 0 Å². The summed E-state index contributed by atoms with van der Waals surface area (Å²) in [6.45, 7) is 0.454. The smallest absolute Gasteiger partial charge is 0.377 e. The van der Waals surface area contributed by atoms with Gasteiger partial charge in [-0.2, -0.15) is 0 Å². The minimum absolute atomic E-state index is 0.274. The highest BCUT2D eigenvalue weighted by atomic mass is 16.6. The van der Waals surface area contributed by atoms with Crippen LogP contribution < -0.4 is 0 Å². The van der Waals surface area contributed by atoms with E-state index in [9.17, 15) is 4.79 Å². The summed E-state index contributed by atoms with van der Waals surface area (Å²) in [6.07, 6.45) is -1.06. The summed E-state index contributed by atoms with van der Waals surface area (Å²) in [7, 11) is 0. The number of rotatable bonds is 1. The van der Waals surface area contributed by atoms with Gasteiger partial charge in [-0.25, -0.2) is 4.79 Å². The first-order valence-electron chi connectivity index (χ1n) is 3.15. The number of aliphatic hydroxyl groups is 2. The molecular weight excluding hydrogens is 152 g/mol. The van der Waals surface area contributed by atoms with Crippen molar-refractivity contribution in [2.45, 2.75) is 12.2 Å². The van der Waals surface area contributed by atoms with Gasteiger partial charge < -0.3 is 19.7 Å². The second kappa shape index (κ2) is 1.88. The Morgan fingerprint density at radius 3 is 2.45 bits per heavy atom. The first-order chi connectivity index (χ1) is 5.20. The van der Waals surface area contributed by atoms with Gasteiger partial charge in [0.15, 0.2) is 11.9 Å². The number of carbonyl (C=O) groups excluding carboxylic acids is 1. The van der Waals surface area contributed by atoms with Crippen LogP contribution in [-0.2, 0) is 14.3 Å². The molecule has 0 aromatic carbocycles. The van der Waals surface area contributed by atoms with Crippen LogP contribution in [-0.4, -0.2) is 35.0 Å². The molecule has 60 valence electrons. The normalized spacial score (nSPS) is 35.8. The van der Waals surface area contributed by atoms with Crippen molar-refractivity contribution in [1.29, 1.82) is 0 Å². The molecule has 0 radical (unpaired) electrons. The second-order valence-corrected chi connectivity index (χ2v) is 2.43. The van der Waals surface area contributed by atoms with Crippen LogP contribution in [0.3, 0.4) is 0 Å². The van der Waals surface area contributed by atoms with E-state index in [4.69, 9.17) is 14.9 Å². The molecule has 1 saturated heterocycles. The first kappa shape index (κ1) is 6.48. The lowest BCUT2D eigenvalue weighted by Gasteiger charge is -2.03. The molecule has 5 heteroatoms. The van der Waals surface area contributed by atoms with Gasteiger partial charge in [0, 0.05) is 0 Å². The molecular formula is C6H6O5. The number of carbonyl (C=O) groups is 1. The highest BCUT2D eigenvalue weighted by molar-refractivity contribution is 5.89. The highest BCUT2D eigenvalue weighted by Crippen LogP contribution is 2.28. The molecule has 0 aromatic heterocycles. The van der Waals surface area contributed by atoms with E-state index in [2.05, 4.69) is 4.74 Å². The van der Waals surface area contributed by atoms with Crippen molar-refractivity contribution in [2.24, 2.45) is 0 Å². The van der Waals surface area contributed by atoms with Gasteiger partial charge in [0.1, 0.15) is 6.10 Å². The van der Waals surface area contributed by atoms with Crippen molar-refractivity contribution in [3.63, 3.8) is 0 Å². The Kier molecular flexibility index (Phi) is 1.11. The molecule has 1 fully saturated rings. The van der Waals surface area contributed by atoms with E-state index < -0.39 is 23.6 Å². The van der Waals surface area contributed by atoms with Crippen LogP contribution in [0.4, 0.5) is 0 Å². The minimum atomic E-state index is -0.886. The van der Waals surface area contributed by atoms with Crippen molar-refractivity contribution >= 4 is 5.97 Å². The van der Waals surface area contributed by atoms with Crippen molar-refractivity contribution in [2.75, 3.05) is 6.61 Å². The van der Waals surface area contributed by atoms with Crippen LogP contribution in [0.25, 0.3) is 0 Å². The maximum atomic E-state index is 10.6. The van der Waals surface area contributed by atoms with Gasteiger partial charge in [-0.3, -0.25) is 0 Å². The number of hydrogen-bond acceptors (Lipinski definition) is 5. The first-order valence-corrected chi connectivity index (χ1v) is 3.15. The summed E-state index contributed by atoms with van der Waals surface area (Å²) < 4.78 is 9.35. The topological polar surface area (TPSA) is 79.3 Å². The second-order valence-electron chi connectivity index (χ2n) is 2.43. The van der Waals surface area contributed by atoms with Gasteiger partial charge in [-0.05, 0) is 0 Å². The predicted molar refractivity (Wildman–Crippen MR) is 31.9 cm³/mol. The van der Waals surface area contributed by atoms with E-state index in [-0.39, 0.29) is 6.10 Å². The SMILES string of the molecule is O=C1O[C@H]([C@@H]2CO2)C(O)=C1O. The number of hydrogen-bond donors (Lipinski definition) is 2. The Bertz CT molecular complexity index is 239. The number of cyclic esters (lactones) is 1. The Hall–Kier alpha value is -1.23. The molecule has 2 aliphatic rings. The third-order valence-electron chi connectivity index (χ3n) is 1.64. The molecule has 11 heavy (non-hydrogen) atoms. The molecule has 0 aromatic rings. The summed E-state index contributed by atoms with van der Waals surface area (Å²) in [5.41, 5.74) is 0. The fraction of sp³-hybridized carbons (Fsp3) is 0.500. The fourth-order valence-electron chi connectivity index (χ4n) is 0.949. The zero-order chi connectivity index (χ0) is 8.01. The minimum Gasteiger partial charge on any atom is -0.505 e. The quantitative estimate of drug-likeness (QED) is 0.402. The van der Waals surface area contributed by atoms with E-state index in [1.807, 2.05) is 0 Å². The molecule has 5 nitrogen and oxygen atoms in total. The van der Waals surface area contributed by atoms with Gasteiger partial charge >= 0.3 is 5.97 Å². The Balaban J connectivity index is 2.21. The number of aliphatic hydroxyl groups excluding tert-OH is 2. The Labute approximate surface area is 61.8 Å². The number of esters is 1. The summed E-state index contributed by atoms with van der Waals surface area (Å²) in [6, 6.07) is 0. The summed E-state index contributed by atoms with van der Waals surface area (Å²) in [4.78, 5) is 10.6. The van der Waals surface area contributed by atoms with E-state index >= 15 is 0 Å². The molecule has 0 aliphatic carbocycles. The molecule has 0 spiro atoms. The molecule has 2 aliphatic heterocycles. The third-order valence-corrected chi connectivity index (χ3v) is 1.64. The number of ether oxygens (including phenoxy) is 2. The fourth-order valence-corrected chi connectivity index (χ4v) is 0.949. The van der Waals surface area contributed by atoms with Crippen LogP contribution in [0.15, 0.2) is 11.5 Å². The lowest BCUT2D eigenvalue weighted by Crippen LogP contribution is -2.18. The average molecular weight is 158 g/mol. The van der Waals surface area contributed by atoms with Crippen LogP contribution in [0.5, 0.6) is 0 Å². The van der Waals surface area contributed by atoms with Gasteiger partial charge in [-0.1, -0.05) is 0 Å². The molecule has 0 unspecified atom stereocenters. The summed E-state index contributed by atoms with van der Waals surface area (Å²) >= 11 is 0. The summed E-state index contributed by atoms with van der Waals surface area (Å²) in [5.74, 6) is -2.01. The summed E-state index contributed by atoms with van der Waals surface area (Å²) in [5, 5.41) is 17.9. The zero-order valence-electron chi connectivity index (χ0n) is 5.48. The van der Waals surface area contributed by atoms with Crippen LogP contribution in [0.2, 0.25) is 0 Å². The largest absolute Gasteiger partial charge is 0.505 e. The Morgan fingerprint density at radius 1 is 1.45 bits per heavy atom. The van der Waals surface area contributed by atoms with Crippen molar-refractivity contribution in [3.05, 3.63) is 11.5 Å². The molecule has 2 N–H and O–H groups in total. The van der Waals surface area contributed by atoms with E-state index in [0.29, 0.717) is 6.61 Å². The van der Waals surface area contributed by atoms with Crippen LogP contribution >= 0.6 is 0 Å². The van der Waals surface area contributed by atoms with Crippen molar-refractivity contribution < 1.29 is 24.5 Å². The van der Waals surface area contributed by atoms with E-state index in [1.54, 1.807) is 0 Å². The van der Waals surface area contributed by atoms with Gasteiger partial charge in [0.05, 0.1) is 6.61 Å². The standard InChI is InChI=1S/C6H6O5/c7-3-4(8)6(9)11-5(3)2-1-10-2/h2,5,7-8H,1H2/t2-,5+/m0/s1. The molecule has 2 atom stereocenters. The van der Waals surface area contributed by atoms with E-state index in [1.165, 1.54) is 0 Å². The van der Waals surface area contributed by atoms with E-state index in [0.717, 1.165) is 0 Å². The zero-order valence-corrected chi connectivity index (χ0v) is 5.48. The van der Waals surface area contributed by atoms with Gasteiger partial charge in [-0.15, -0.1) is 0 Å². The van der Waals surface area contributed by atoms with Gasteiger partial charge in [0.2, 0.25) is 5.76 Å². The maximum Gasteiger partial charge on any atom is 0.377 e. The maximum absolute atomic E-state index is 10.6. The van der Waals surface area contributed by atoms with Gasteiger partial charge in [0.25, 0.3) is 0 Å². The lowest BCUT2D eigenvalue weighted by molar-refractivity contribution is -0.143. The Morgan fingerprint density at radius 2 is 2.09 bits per heavy atom. The highest BCUT2D eigenvalue weighted by Gasteiger charge is 2.45. The monoisotopic (exact) mass is 158 g/mol. The average Bonchev–Trinajstić information content (AvgIpc) is 2.76. The molecule has 0 amide bonds. The molecule has 0 saturated carbocycles. The lowest BCUT2D eigenvalue weighted by atomic mass is 10.2. The predicted octanol–water partition coefficient (Wildman–Crippen LogP) is -0.362. The van der Waals surface area contributed by atoms with Crippen LogP contribution in [0, 0.1) is 0 Å².